The fourth-order valence-electron chi connectivity index (χ4n) is 13.0. The van der Waals surface area contributed by atoms with Crippen molar-refractivity contribution in [3.63, 3.8) is 0 Å². The summed E-state index contributed by atoms with van der Waals surface area (Å²) in [6, 6.07) is 32.1. The van der Waals surface area contributed by atoms with Gasteiger partial charge >= 0.3 is 0 Å². The van der Waals surface area contributed by atoms with Crippen LogP contribution in [0.4, 0.5) is 0 Å². The van der Waals surface area contributed by atoms with E-state index in [1.54, 1.807) is 41.1 Å². The lowest BCUT2D eigenvalue weighted by Gasteiger charge is -2.42. The van der Waals surface area contributed by atoms with Crippen LogP contribution in [0, 0.1) is 23.7 Å². The topological polar surface area (TPSA) is 204 Å². The number of nitrogens with one attached hydrogen (secondary N) is 3. The number of carbonyl (C=O) groups is 8. The molecule has 0 unspecified atom stereocenters. The van der Waals surface area contributed by atoms with Crippen molar-refractivity contribution in [2.75, 3.05) is 79.3 Å². The van der Waals surface area contributed by atoms with Gasteiger partial charge in [-0.05, 0) is 105 Å². The number of ether oxygens (including phenoxy) is 2. The highest BCUT2D eigenvalue weighted by molar-refractivity contribution is 5.99. The van der Waals surface area contributed by atoms with Crippen LogP contribution in [0.25, 0.3) is 11.1 Å². The summed E-state index contributed by atoms with van der Waals surface area (Å²) in [5, 5.41) is 9.04. The summed E-state index contributed by atoms with van der Waals surface area (Å²) in [5.74, 6) is -1.87. The van der Waals surface area contributed by atoms with Crippen LogP contribution in [-0.4, -0.2) is 170 Å². The molecule has 6 atom stereocenters. The minimum absolute atomic E-state index is 0.0136. The monoisotopic (exact) mass is 1210 g/mol. The number of carbonyl (C=O) groups excluding carboxylic acids is 8. The molecule has 0 spiro atoms. The normalized spacial score (nSPS) is 18.9. The Balaban J connectivity index is 0.875. The minimum Gasteiger partial charge on any atom is -0.377 e. The second-order valence-corrected chi connectivity index (χ2v) is 24.8. The van der Waals surface area contributed by atoms with Gasteiger partial charge in [0.2, 0.25) is 29.5 Å². The highest BCUT2D eigenvalue weighted by Crippen LogP contribution is 2.35. The van der Waals surface area contributed by atoms with Gasteiger partial charge in [0.1, 0.15) is 11.8 Å². The molecule has 3 N–H and O–H groups in total. The van der Waals surface area contributed by atoms with Gasteiger partial charge in [0.15, 0.2) is 5.78 Å². The van der Waals surface area contributed by atoms with Crippen molar-refractivity contribution < 1.29 is 47.8 Å². The Labute approximate surface area is 521 Å². The van der Waals surface area contributed by atoms with E-state index in [0.29, 0.717) is 69.8 Å². The van der Waals surface area contributed by atoms with Gasteiger partial charge < -0.3 is 45.0 Å². The highest BCUT2D eigenvalue weighted by Gasteiger charge is 2.41. The first-order valence-electron chi connectivity index (χ1n) is 32.6. The van der Waals surface area contributed by atoms with Gasteiger partial charge in [0.05, 0.1) is 51.1 Å². The van der Waals surface area contributed by atoms with Crippen LogP contribution in [-0.2, 0) is 51.1 Å². The molecule has 4 fully saturated rings. The summed E-state index contributed by atoms with van der Waals surface area (Å²) in [5.41, 5.74) is 4.56. The van der Waals surface area contributed by atoms with E-state index in [2.05, 4.69) is 16.0 Å². The Morgan fingerprint density at radius 3 is 1.61 bits per heavy atom. The third-order valence-electron chi connectivity index (χ3n) is 18.9. The molecule has 474 valence electrons. The number of benzene rings is 4. The molecule has 4 aromatic rings. The average Bonchev–Trinajstić information content (AvgIpc) is 2.18. The van der Waals surface area contributed by atoms with Gasteiger partial charge in [0, 0.05) is 81.5 Å². The molecule has 2 aliphatic heterocycles. The van der Waals surface area contributed by atoms with Crippen LogP contribution < -0.4 is 16.0 Å². The number of hydrogen-bond donors (Lipinski definition) is 3. The first kappa shape index (κ1) is 66.9. The summed E-state index contributed by atoms with van der Waals surface area (Å²) in [7, 11) is 1.75. The van der Waals surface area contributed by atoms with Crippen LogP contribution in [0.1, 0.15) is 143 Å². The van der Waals surface area contributed by atoms with Crippen LogP contribution in [0.2, 0.25) is 0 Å². The molecule has 6 amide bonds. The SMILES string of the molecule is CC[C@@H](C)C(=O)N[C@H](C(=O)N1CCOC[C@H]1CN(CCc1ccccc1)C(=O)CCC(=O)c1ccc(-c2ccc(C(=O)NCC(=O)N(CCc3ccccc3)C[C@@H]3COCCN3C(=O)[C@@H](CC(=O)[C@H](C)NC)C3CCCCC3)cc2)cc1)C1CCCCC1. The van der Waals surface area contributed by atoms with Crippen molar-refractivity contribution in [2.24, 2.45) is 23.7 Å². The molecule has 2 aliphatic carbocycles. The molecule has 8 rings (SSSR count). The predicted molar refractivity (Wildman–Crippen MR) is 340 cm³/mol. The number of likely N-dealkylation sites (N-methyl/N-ethyl adjacent to an activating group) is 1. The summed E-state index contributed by atoms with van der Waals surface area (Å²) < 4.78 is 11.9. The summed E-state index contributed by atoms with van der Waals surface area (Å²) in [6.45, 7) is 8.55. The molecule has 17 nitrogen and oxygen atoms in total. The molecule has 0 bridgehead atoms. The zero-order valence-corrected chi connectivity index (χ0v) is 52.5. The molecule has 4 aliphatic rings. The minimum atomic E-state index is -0.644. The van der Waals surface area contributed by atoms with Crippen molar-refractivity contribution in [1.29, 1.82) is 0 Å². The smallest absolute Gasteiger partial charge is 0.251 e. The van der Waals surface area contributed by atoms with Crippen molar-refractivity contribution >= 4 is 47.0 Å². The number of hydrogen-bond acceptors (Lipinski definition) is 11. The average molecular weight is 1210 g/mol. The van der Waals surface area contributed by atoms with E-state index >= 15 is 0 Å². The third-order valence-corrected chi connectivity index (χ3v) is 18.9. The van der Waals surface area contributed by atoms with Gasteiger partial charge in [-0.2, -0.15) is 0 Å². The summed E-state index contributed by atoms with van der Waals surface area (Å²) in [4.78, 5) is 119. The predicted octanol–water partition coefficient (Wildman–Crippen LogP) is 8.52. The summed E-state index contributed by atoms with van der Waals surface area (Å²) in [6.07, 6.45) is 11.9. The fraction of sp³-hybridized carbons (Fsp3) is 0.549. The number of Topliss-reactive ketones (excluding diaryl/α,β-unsaturated/α-hetero) is 2. The van der Waals surface area contributed by atoms with Gasteiger partial charge in [0.25, 0.3) is 5.91 Å². The maximum Gasteiger partial charge on any atom is 0.251 e. The molecule has 2 saturated heterocycles. The quantitative estimate of drug-likeness (QED) is 0.0440. The lowest BCUT2D eigenvalue weighted by atomic mass is 9.76. The van der Waals surface area contributed by atoms with Gasteiger partial charge in [-0.25, -0.2) is 0 Å². The van der Waals surface area contributed by atoms with Crippen LogP contribution >= 0.6 is 0 Å². The Bertz CT molecular complexity index is 2720. The fourth-order valence-corrected chi connectivity index (χ4v) is 13.0. The Morgan fingerprint density at radius 2 is 1.09 bits per heavy atom. The van der Waals surface area contributed by atoms with E-state index in [1.807, 2.05) is 116 Å². The van der Waals surface area contributed by atoms with Crippen LogP contribution in [0.5, 0.6) is 0 Å². The van der Waals surface area contributed by atoms with E-state index in [-0.39, 0.29) is 117 Å². The number of morpholine rings is 2. The Kier molecular flexibility index (Phi) is 25.9. The van der Waals surface area contributed by atoms with Gasteiger partial charge in [-0.3, -0.25) is 38.4 Å². The zero-order valence-electron chi connectivity index (χ0n) is 52.5. The van der Waals surface area contributed by atoms with Crippen molar-refractivity contribution in [1.82, 2.24) is 35.6 Å². The van der Waals surface area contributed by atoms with E-state index < -0.39 is 30.0 Å². The molecule has 4 aromatic carbocycles. The molecule has 0 radical (unpaired) electrons. The molecule has 2 heterocycles. The largest absolute Gasteiger partial charge is 0.377 e. The van der Waals surface area contributed by atoms with Gasteiger partial charge in [-0.1, -0.05) is 149 Å². The van der Waals surface area contributed by atoms with Crippen LogP contribution in [0.3, 0.4) is 0 Å². The lowest BCUT2D eigenvalue weighted by molar-refractivity contribution is -0.151. The Hall–Kier alpha value is -7.08. The van der Waals surface area contributed by atoms with E-state index in [1.165, 1.54) is 0 Å². The second-order valence-electron chi connectivity index (χ2n) is 24.8. The van der Waals surface area contributed by atoms with Crippen molar-refractivity contribution in [3.8, 4) is 11.1 Å². The second kappa shape index (κ2) is 34.0. The molecule has 2 saturated carbocycles. The number of rotatable bonds is 29. The van der Waals surface area contributed by atoms with E-state index in [9.17, 15) is 38.4 Å². The summed E-state index contributed by atoms with van der Waals surface area (Å²) >= 11 is 0. The molecule has 17 heteroatoms. The number of nitrogens with zero attached hydrogens (tertiary/aromatic N) is 4. The van der Waals surface area contributed by atoms with Crippen molar-refractivity contribution in [2.45, 2.75) is 148 Å². The Morgan fingerprint density at radius 1 is 0.591 bits per heavy atom. The van der Waals surface area contributed by atoms with Gasteiger partial charge in [-0.15, -0.1) is 0 Å². The molecule has 88 heavy (non-hydrogen) atoms. The molecular weight excluding hydrogens is 1110 g/mol. The first-order chi connectivity index (χ1) is 42.7. The maximum absolute atomic E-state index is 14.7. The highest BCUT2D eigenvalue weighted by atomic mass is 16.5. The van der Waals surface area contributed by atoms with E-state index in [0.717, 1.165) is 86.5 Å². The number of ketones is 2. The lowest BCUT2D eigenvalue weighted by Crippen LogP contribution is -2.61. The standard InChI is InChI=1S/C71H95N7O10/c1-5-50(2)68(83)74-67(58-24-16-9-17-25-58)71(86)78-41-43-88-49-61(78)46-75(38-36-52-18-10-6-11-19-52)65(81)35-34-63(79)57-30-26-54(27-31-57)55-28-32-59(33-29-55)69(84)73-45-66(82)76(39-37-53-20-12-7-13-21-53)47-60-48-87-42-40-77(60)70(85)62(44-64(80)51(3)72-4)56-22-14-8-15-23-56/h6-7,10-13,18-21,26-33,50-51,56,58,60-62,67,72H,5,8-9,14-17,22-25,34-49H2,1-4H3,(H,73,84)(H,74,83)/t50-,51+,60-,61-,62+,67+/m1/s1. The molecule has 0 aromatic heterocycles. The van der Waals surface area contributed by atoms with Crippen LogP contribution in [0.15, 0.2) is 109 Å². The maximum atomic E-state index is 14.7. The third kappa shape index (κ3) is 19.0. The first-order valence-corrected chi connectivity index (χ1v) is 32.6. The number of amides is 6. The van der Waals surface area contributed by atoms with Crippen molar-refractivity contribution in [3.05, 3.63) is 131 Å². The van der Waals surface area contributed by atoms with E-state index in [4.69, 9.17) is 9.47 Å². The zero-order chi connectivity index (χ0) is 62.4. The molecular formula is C71H95N7O10.